The first-order valence-corrected chi connectivity index (χ1v) is 8.07. The fraction of sp³-hybridized carbons (Fsp3) is 0.533. The molecule has 2 aliphatic heterocycles. The second-order valence-electron chi connectivity index (χ2n) is 5.29. The van der Waals surface area contributed by atoms with E-state index >= 15 is 0 Å². The van der Waals surface area contributed by atoms with Crippen molar-refractivity contribution < 1.29 is 4.79 Å². The zero-order valence-electron chi connectivity index (χ0n) is 11.4. The van der Waals surface area contributed by atoms with E-state index in [2.05, 4.69) is 28.8 Å². The van der Waals surface area contributed by atoms with Crippen LogP contribution in [0.4, 0.5) is 0 Å². The van der Waals surface area contributed by atoms with Crippen LogP contribution in [0.5, 0.6) is 0 Å². The average molecular weight is 313 g/mol. The summed E-state index contributed by atoms with van der Waals surface area (Å²) < 4.78 is 0. The molecule has 3 rings (SSSR count). The van der Waals surface area contributed by atoms with E-state index in [1.807, 2.05) is 17.8 Å². The molecule has 2 heterocycles. The Morgan fingerprint density at radius 2 is 2.15 bits per heavy atom. The number of amides is 1. The standard InChI is InChI=1S/C15H20N2OS.ClH/c18-15(17-10-13-6-3-7-19-13)14-8-11-4-1-2-5-12(11)9-16-14;/h1-2,4-5,13-14,16H,3,6-10H2,(H,17,18);1H. The normalized spacial score (nSPS) is 24.6. The average Bonchev–Trinajstić information content (AvgIpc) is 2.97. The molecule has 0 aromatic heterocycles. The van der Waals surface area contributed by atoms with E-state index in [-0.39, 0.29) is 24.4 Å². The predicted octanol–water partition coefficient (Wildman–Crippen LogP) is 2.13. The Hall–Kier alpha value is -0.710. The van der Waals surface area contributed by atoms with E-state index in [9.17, 15) is 4.79 Å². The van der Waals surface area contributed by atoms with Crippen LogP contribution in [0.15, 0.2) is 24.3 Å². The molecule has 0 bridgehead atoms. The minimum absolute atomic E-state index is 0. The van der Waals surface area contributed by atoms with Crippen molar-refractivity contribution in [3.8, 4) is 0 Å². The molecular weight excluding hydrogens is 292 g/mol. The first kappa shape index (κ1) is 15.7. The number of halogens is 1. The van der Waals surface area contributed by atoms with Gasteiger partial charge in [-0.25, -0.2) is 0 Å². The van der Waals surface area contributed by atoms with Gasteiger partial charge in [-0.3, -0.25) is 4.79 Å². The lowest BCUT2D eigenvalue weighted by atomic mass is 9.95. The van der Waals surface area contributed by atoms with Crippen molar-refractivity contribution in [2.24, 2.45) is 0 Å². The zero-order chi connectivity index (χ0) is 13.1. The van der Waals surface area contributed by atoms with E-state index in [0.717, 1.165) is 19.5 Å². The van der Waals surface area contributed by atoms with Gasteiger partial charge in [0.05, 0.1) is 6.04 Å². The van der Waals surface area contributed by atoms with Crippen LogP contribution in [0.25, 0.3) is 0 Å². The van der Waals surface area contributed by atoms with Gasteiger partial charge in [-0.1, -0.05) is 24.3 Å². The number of hydrogen-bond acceptors (Lipinski definition) is 3. The molecule has 1 aromatic carbocycles. The molecular formula is C15H21ClN2OS. The number of nitrogens with one attached hydrogen (secondary N) is 2. The van der Waals surface area contributed by atoms with Crippen molar-refractivity contribution in [3.05, 3.63) is 35.4 Å². The summed E-state index contributed by atoms with van der Waals surface area (Å²) >= 11 is 1.98. The van der Waals surface area contributed by atoms with Crippen molar-refractivity contribution in [3.63, 3.8) is 0 Å². The lowest BCUT2D eigenvalue weighted by molar-refractivity contribution is -0.123. The summed E-state index contributed by atoms with van der Waals surface area (Å²) in [6.45, 7) is 1.62. The van der Waals surface area contributed by atoms with E-state index < -0.39 is 0 Å². The monoisotopic (exact) mass is 312 g/mol. The summed E-state index contributed by atoms with van der Waals surface area (Å²) in [5.74, 6) is 1.40. The summed E-state index contributed by atoms with van der Waals surface area (Å²) in [7, 11) is 0. The van der Waals surface area contributed by atoms with E-state index in [1.54, 1.807) is 0 Å². The molecule has 0 aliphatic carbocycles. The van der Waals surface area contributed by atoms with Crippen molar-refractivity contribution in [1.82, 2.24) is 10.6 Å². The lowest BCUT2D eigenvalue weighted by Gasteiger charge is -2.25. The summed E-state index contributed by atoms with van der Waals surface area (Å²) in [4.78, 5) is 12.2. The zero-order valence-corrected chi connectivity index (χ0v) is 13.1. The Bertz CT molecular complexity index is 463. The van der Waals surface area contributed by atoms with E-state index in [4.69, 9.17) is 0 Å². The van der Waals surface area contributed by atoms with Crippen molar-refractivity contribution in [2.45, 2.75) is 37.1 Å². The summed E-state index contributed by atoms with van der Waals surface area (Å²) in [5.41, 5.74) is 2.62. The molecule has 2 unspecified atom stereocenters. The maximum absolute atomic E-state index is 12.2. The Labute approximate surface area is 130 Å². The third-order valence-corrected chi connectivity index (χ3v) is 5.32. The van der Waals surface area contributed by atoms with Crippen LogP contribution < -0.4 is 10.6 Å². The van der Waals surface area contributed by atoms with Crippen LogP contribution in [0.3, 0.4) is 0 Å². The topological polar surface area (TPSA) is 41.1 Å². The Morgan fingerprint density at radius 3 is 2.90 bits per heavy atom. The minimum atomic E-state index is -0.0682. The first-order valence-electron chi connectivity index (χ1n) is 7.02. The highest BCUT2D eigenvalue weighted by Crippen LogP contribution is 2.25. The molecule has 0 saturated carbocycles. The smallest absolute Gasteiger partial charge is 0.237 e. The fourth-order valence-corrected chi connectivity index (χ4v) is 3.98. The second kappa shape index (κ2) is 7.34. The molecule has 1 fully saturated rings. The molecule has 1 aromatic rings. The highest BCUT2D eigenvalue weighted by molar-refractivity contribution is 8.00. The molecule has 0 spiro atoms. The van der Waals surface area contributed by atoms with Crippen LogP contribution >= 0.6 is 24.2 Å². The molecule has 3 nitrogen and oxygen atoms in total. The van der Waals surface area contributed by atoms with Crippen LogP contribution in [0, 0.1) is 0 Å². The molecule has 5 heteroatoms. The van der Waals surface area contributed by atoms with Gasteiger partial charge in [0.2, 0.25) is 5.91 Å². The third-order valence-electron chi connectivity index (χ3n) is 3.93. The number of hydrogen-bond donors (Lipinski definition) is 2. The van der Waals surface area contributed by atoms with Gasteiger partial charge in [-0.15, -0.1) is 12.4 Å². The van der Waals surface area contributed by atoms with Crippen molar-refractivity contribution in [2.75, 3.05) is 12.3 Å². The van der Waals surface area contributed by atoms with Gasteiger partial charge in [0.15, 0.2) is 0 Å². The largest absolute Gasteiger partial charge is 0.354 e. The highest BCUT2D eigenvalue weighted by Gasteiger charge is 2.24. The molecule has 2 N–H and O–H groups in total. The molecule has 1 amide bonds. The number of thioether (sulfide) groups is 1. The quantitative estimate of drug-likeness (QED) is 0.898. The number of carbonyl (C=O) groups is 1. The van der Waals surface area contributed by atoms with Crippen LogP contribution in [-0.2, 0) is 17.8 Å². The Kier molecular flexibility index (Phi) is 5.75. The van der Waals surface area contributed by atoms with Gasteiger partial charge in [-0.05, 0) is 36.1 Å². The molecule has 2 aliphatic rings. The summed E-state index contributed by atoms with van der Waals surface area (Å²) in [6, 6.07) is 8.29. The molecule has 110 valence electrons. The molecule has 2 atom stereocenters. The SMILES string of the molecule is Cl.O=C(NCC1CCCS1)C1Cc2ccccc2CN1. The third kappa shape index (κ3) is 3.68. The predicted molar refractivity (Wildman–Crippen MR) is 86.5 cm³/mol. The van der Waals surface area contributed by atoms with Gasteiger partial charge in [0.1, 0.15) is 0 Å². The fourth-order valence-electron chi connectivity index (χ4n) is 2.78. The number of fused-ring (bicyclic) bond motifs is 1. The van der Waals surface area contributed by atoms with Crippen molar-refractivity contribution in [1.29, 1.82) is 0 Å². The van der Waals surface area contributed by atoms with Crippen LogP contribution in [0.2, 0.25) is 0 Å². The van der Waals surface area contributed by atoms with Crippen LogP contribution in [-0.4, -0.2) is 29.5 Å². The summed E-state index contributed by atoms with van der Waals surface area (Å²) in [6.07, 6.45) is 3.34. The van der Waals surface area contributed by atoms with Gasteiger partial charge < -0.3 is 10.6 Å². The number of benzene rings is 1. The van der Waals surface area contributed by atoms with Gasteiger partial charge in [0, 0.05) is 18.3 Å². The van der Waals surface area contributed by atoms with Gasteiger partial charge >= 0.3 is 0 Å². The lowest BCUT2D eigenvalue weighted by Crippen LogP contribution is -2.48. The van der Waals surface area contributed by atoms with Gasteiger partial charge in [0.25, 0.3) is 0 Å². The van der Waals surface area contributed by atoms with Gasteiger partial charge in [-0.2, -0.15) is 11.8 Å². The first-order chi connectivity index (χ1) is 9.33. The molecule has 20 heavy (non-hydrogen) atoms. The Balaban J connectivity index is 0.00000147. The number of rotatable bonds is 3. The highest BCUT2D eigenvalue weighted by atomic mass is 35.5. The maximum Gasteiger partial charge on any atom is 0.237 e. The second-order valence-corrected chi connectivity index (χ2v) is 6.69. The van der Waals surface area contributed by atoms with E-state index in [0.29, 0.717) is 5.25 Å². The molecule has 1 saturated heterocycles. The summed E-state index contributed by atoms with van der Waals surface area (Å²) in [5, 5.41) is 7.06. The van der Waals surface area contributed by atoms with Crippen molar-refractivity contribution >= 4 is 30.1 Å². The molecule has 0 radical (unpaired) electrons. The number of carbonyl (C=O) groups excluding carboxylic acids is 1. The maximum atomic E-state index is 12.2. The van der Waals surface area contributed by atoms with E-state index in [1.165, 1.54) is 29.7 Å². The minimum Gasteiger partial charge on any atom is -0.354 e. The van der Waals surface area contributed by atoms with Crippen LogP contribution in [0.1, 0.15) is 24.0 Å². The Morgan fingerprint density at radius 1 is 1.35 bits per heavy atom.